The van der Waals surface area contributed by atoms with Gasteiger partial charge in [-0.3, -0.25) is 14.5 Å². The van der Waals surface area contributed by atoms with E-state index in [1.54, 1.807) is 24.3 Å². The van der Waals surface area contributed by atoms with Crippen molar-refractivity contribution >= 4 is 23.2 Å². The largest absolute Gasteiger partial charge is 0.324 e. The van der Waals surface area contributed by atoms with Crippen LogP contribution in [0.3, 0.4) is 0 Å². The van der Waals surface area contributed by atoms with Gasteiger partial charge in [-0.1, -0.05) is 30.3 Å². The van der Waals surface area contributed by atoms with Crippen molar-refractivity contribution in [2.45, 2.75) is 0 Å². The van der Waals surface area contributed by atoms with Gasteiger partial charge in [-0.05, 0) is 24.3 Å². The third-order valence-electron chi connectivity index (χ3n) is 3.05. The monoisotopic (exact) mass is 252 g/mol. The third-order valence-corrected chi connectivity index (χ3v) is 3.05. The molecule has 0 unspecified atom stereocenters. The zero-order chi connectivity index (χ0) is 13.2. The van der Waals surface area contributed by atoms with Gasteiger partial charge in [0.1, 0.15) is 6.54 Å². The predicted octanol–water partition coefficient (Wildman–Crippen LogP) is 2.29. The fourth-order valence-electron chi connectivity index (χ4n) is 2.15. The Balaban J connectivity index is 2.08. The number of nitrogens with one attached hydrogen (secondary N) is 1. The summed E-state index contributed by atoms with van der Waals surface area (Å²) in [5.41, 5.74) is 1.80. The second-order valence-corrected chi connectivity index (χ2v) is 4.32. The molecule has 1 N–H and O–H groups in total. The Morgan fingerprint density at radius 1 is 0.895 bits per heavy atom. The van der Waals surface area contributed by atoms with E-state index in [0.717, 1.165) is 5.69 Å². The molecule has 1 aliphatic heterocycles. The topological polar surface area (TPSA) is 49.4 Å². The smallest absolute Gasteiger partial charge is 0.260 e. The molecule has 0 saturated heterocycles. The standard InChI is InChI=1S/C15H12N2O2/c18-14-10-17(11-6-2-1-3-7-11)15(19)12-8-4-5-9-13(12)16-14/h1-9H,10H2,(H,16,18). The Labute approximate surface area is 110 Å². The number of benzene rings is 2. The molecule has 2 amide bonds. The van der Waals surface area contributed by atoms with E-state index in [1.165, 1.54) is 4.90 Å². The van der Waals surface area contributed by atoms with Crippen molar-refractivity contribution in [3.8, 4) is 0 Å². The summed E-state index contributed by atoms with van der Waals surface area (Å²) in [6.45, 7) is 0.0253. The number of hydrogen-bond acceptors (Lipinski definition) is 2. The maximum Gasteiger partial charge on any atom is 0.260 e. The lowest BCUT2D eigenvalue weighted by molar-refractivity contribution is -0.114. The van der Waals surface area contributed by atoms with Gasteiger partial charge in [-0.25, -0.2) is 0 Å². The van der Waals surface area contributed by atoms with E-state index in [-0.39, 0.29) is 18.4 Å². The van der Waals surface area contributed by atoms with Crippen LogP contribution in [0.4, 0.5) is 11.4 Å². The van der Waals surface area contributed by atoms with Crippen molar-refractivity contribution in [1.29, 1.82) is 0 Å². The highest BCUT2D eigenvalue weighted by Gasteiger charge is 2.26. The lowest BCUT2D eigenvalue weighted by Gasteiger charge is -2.19. The number of carbonyl (C=O) groups is 2. The van der Waals surface area contributed by atoms with E-state index in [9.17, 15) is 9.59 Å². The highest BCUT2D eigenvalue weighted by molar-refractivity contribution is 6.16. The SMILES string of the molecule is O=C1CN(c2ccccc2)C(=O)c2ccccc2N1. The lowest BCUT2D eigenvalue weighted by atomic mass is 10.1. The highest BCUT2D eigenvalue weighted by Crippen LogP contribution is 2.24. The normalized spacial score (nSPS) is 14.6. The second-order valence-electron chi connectivity index (χ2n) is 4.32. The Hall–Kier alpha value is -2.62. The number of fused-ring (bicyclic) bond motifs is 1. The Morgan fingerprint density at radius 2 is 1.58 bits per heavy atom. The number of carbonyl (C=O) groups excluding carboxylic acids is 2. The fraction of sp³-hybridized carbons (Fsp3) is 0.0667. The van der Waals surface area contributed by atoms with Crippen molar-refractivity contribution in [3.05, 3.63) is 60.2 Å². The van der Waals surface area contributed by atoms with Crippen LogP contribution in [0.1, 0.15) is 10.4 Å². The van der Waals surface area contributed by atoms with Crippen molar-refractivity contribution in [2.24, 2.45) is 0 Å². The number of nitrogens with zero attached hydrogens (tertiary/aromatic N) is 1. The first kappa shape index (κ1) is 11.5. The summed E-state index contributed by atoms with van der Waals surface area (Å²) < 4.78 is 0. The number of hydrogen-bond donors (Lipinski definition) is 1. The molecule has 0 spiro atoms. The summed E-state index contributed by atoms with van der Waals surface area (Å²) in [7, 11) is 0. The molecule has 0 radical (unpaired) electrons. The predicted molar refractivity (Wildman–Crippen MR) is 73.2 cm³/mol. The van der Waals surface area contributed by atoms with Gasteiger partial charge < -0.3 is 5.32 Å². The van der Waals surface area contributed by atoms with Crippen molar-refractivity contribution in [1.82, 2.24) is 0 Å². The third kappa shape index (κ3) is 2.08. The Kier molecular flexibility index (Phi) is 2.76. The summed E-state index contributed by atoms with van der Waals surface area (Å²) in [5.74, 6) is -0.359. The molecule has 0 fully saturated rings. The number of anilines is 2. The van der Waals surface area contributed by atoms with Gasteiger partial charge in [0.15, 0.2) is 0 Å². The van der Waals surface area contributed by atoms with Crippen LogP contribution in [0.2, 0.25) is 0 Å². The molecule has 94 valence electrons. The minimum absolute atomic E-state index is 0.0253. The molecule has 4 nitrogen and oxygen atoms in total. The van der Waals surface area contributed by atoms with Crippen LogP contribution in [0.5, 0.6) is 0 Å². The molecule has 0 saturated carbocycles. The first-order valence-electron chi connectivity index (χ1n) is 6.01. The quantitative estimate of drug-likeness (QED) is 0.846. The van der Waals surface area contributed by atoms with Crippen molar-refractivity contribution in [3.63, 3.8) is 0 Å². The summed E-state index contributed by atoms with van der Waals surface area (Å²) in [6, 6.07) is 16.2. The van der Waals surface area contributed by atoms with E-state index in [0.29, 0.717) is 11.3 Å². The van der Waals surface area contributed by atoms with Crippen LogP contribution in [0.25, 0.3) is 0 Å². The van der Waals surface area contributed by atoms with Gasteiger partial charge in [0.05, 0.1) is 11.3 Å². The minimum Gasteiger partial charge on any atom is -0.324 e. The molecule has 1 aliphatic rings. The van der Waals surface area contributed by atoms with Gasteiger partial charge in [-0.15, -0.1) is 0 Å². The van der Waals surface area contributed by atoms with Crippen LogP contribution in [0, 0.1) is 0 Å². The Morgan fingerprint density at radius 3 is 2.37 bits per heavy atom. The van der Waals surface area contributed by atoms with Crippen LogP contribution in [-0.2, 0) is 4.79 Å². The molecular weight excluding hydrogens is 240 g/mol. The summed E-state index contributed by atoms with van der Waals surface area (Å²) >= 11 is 0. The van der Waals surface area contributed by atoms with Crippen LogP contribution >= 0.6 is 0 Å². The van der Waals surface area contributed by atoms with E-state index in [1.807, 2.05) is 30.3 Å². The van der Waals surface area contributed by atoms with Crippen LogP contribution in [-0.4, -0.2) is 18.4 Å². The molecular formula is C15H12N2O2. The molecule has 2 aromatic rings. The molecule has 4 heteroatoms. The van der Waals surface area contributed by atoms with Crippen molar-refractivity contribution < 1.29 is 9.59 Å². The van der Waals surface area contributed by atoms with Crippen LogP contribution in [0.15, 0.2) is 54.6 Å². The van der Waals surface area contributed by atoms with Gasteiger partial charge >= 0.3 is 0 Å². The molecule has 1 heterocycles. The first-order valence-corrected chi connectivity index (χ1v) is 6.01. The van der Waals surface area contributed by atoms with Gasteiger partial charge in [0.25, 0.3) is 5.91 Å². The Bertz CT molecular complexity index is 638. The summed E-state index contributed by atoms with van der Waals surface area (Å²) in [5, 5.41) is 2.75. The summed E-state index contributed by atoms with van der Waals surface area (Å²) in [6.07, 6.45) is 0. The maximum absolute atomic E-state index is 12.5. The first-order chi connectivity index (χ1) is 9.25. The molecule has 0 aromatic heterocycles. The average Bonchev–Trinajstić information content (AvgIpc) is 2.57. The van der Waals surface area contributed by atoms with Gasteiger partial charge in [0, 0.05) is 5.69 Å². The summed E-state index contributed by atoms with van der Waals surface area (Å²) in [4.78, 5) is 25.9. The zero-order valence-corrected chi connectivity index (χ0v) is 10.2. The van der Waals surface area contributed by atoms with E-state index < -0.39 is 0 Å². The number of para-hydroxylation sites is 2. The average molecular weight is 252 g/mol. The molecule has 19 heavy (non-hydrogen) atoms. The maximum atomic E-state index is 12.5. The highest BCUT2D eigenvalue weighted by atomic mass is 16.2. The molecule has 0 bridgehead atoms. The van der Waals surface area contributed by atoms with E-state index in [4.69, 9.17) is 0 Å². The molecule has 0 atom stereocenters. The molecule has 3 rings (SSSR count). The zero-order valence-electron chi connectivity index (χ0n) is 10.2. The molecule has 0 aliphatic carbocycles. The van der Waals surface area contributed by atoms with Crippen LogP contribution < -0.4 is 10.2 Å². The fourth-order valence-corrected chi connectivity index (χ4v) is 2.15. The van der Waals surface area contributed by atoms with E-state index >= 15 is 0 Å². The van der Waals surface area contributed by atoms with Crippen molar-refractivity contribution in [2.75, 3.05) is 16.8 Å². The molecule has 2 aromatic carbocycles. The number of rotatable bonds is 1. The van der Waals surface area contributed by atoms with E-state index in [2.05, 4.69) is 5.32 Å². The lowest BCUT2D eigenvalue weighted by Crippen LogP contribution is -2.34. The number of amides is 2. The van der Waals surface area contributed by atoms with Gasteiger partial charge in [0.2, 0.25) is 5.91 Å². The minimum atomic E-state index is -0.192. The second kappa shape index (κ2) is 4.57. The van der Waals surface area contributed by atoms with Gasteiger partial charge in [-0.2, -0.15) is 0 Å².